The summed E-state index contributed by atoms with van der Waals surface area (Å²) in [6.45, 7) is 2.03. The molecule has 0 aromatic carbocycles. The second kappa shape index (κ2) is 8.62. The highest BCUT2D eigenvalue weighted by molar-refractivity contribution is 7.99. The molecule has 3 rings (SSSR count). The third kappa shape index (κ3) is 5.11. The largest absolute Gasteiger partial charge is 0.383 e. The number of amides is 2. The van der Waals surface area contributed by atoms with Crippen LogP contribution in [-0.4, -0.2) is 71.5 Å². The van der Waals surface area contributed by atoms with E-state index in [-0.39, 0.29) is 41.7 Å². The van der Waals surface area contributed by atoms with Crippen LogP contribution in [0.1, 0.15) is 13.3 Å². The third-order valence-corrected chi connectivity index (χ3v) is 7.73. The molecule has 28 heavy (non-hydrogen) atoms. The van der Waals surface area contributed by atoms with Gasteiger partial charge in [0, 0.05) is 12.6 Å². The van der Waals surface area contributed by atoms with Crippen LogP contribution in [0, 0.1) is 0 Å². The molecule has 0 spiro atoms. The zero-order valence-electron chi connectivity index (χ0n) is 15.3. The van der Waals surface area contributed by atoms with Crippen molar-refractivity contribution in [3.63, 3.8) is 0 Å². The first-order chi connectivity index (χ1) is 13.3. The van der Waals surface area contributed by atoms with Crippen LogP contribution in [0.4, 0.5) is 5.82 Å². The number of carbonyl (C=O) groups excluding carboxylic acids is 2. The minimum absolute atomic E-state index is 0.0430. The quantitative estimate of drug-likeness (QED) is 0.467. The van der Waals surface area contributed by atoms with Crippen molar-refractivity contribution in [2.45, 2.75) is 24.5 Å². The SMILES string of the molecule is CCN(CC(=O)NC1CCS(=O)(=O)C1)C(=O)CSc1nc(N)c2ccsc2n1. The van der Waals surface area contributed by atoms with E-state index in [1.807, 2.05) is 11.4 Å². The Hall–Kier alpha value is -1.92. The summed E-state index contributed by atoms with van der Waals surface area (Å²) in [6.07, 6.45) is 0.411. The Morgan fingerprint density at radius 2 is 2.21 bits per heavy atom. The van der Waals surface area contributed by atoms with Crippen molar-refractivity contribution in [3.8, 4) is 0 Å². The van der Waals surface area contributed by atoms with E-state index in [1.165, 1.54) is 28.0 Å². The summed E-state index contributed by atoms with van der Waals surface area (Å²) < 4.78 is 23.0. The van der Waals surface area contributed by atoms with Crippen LogP contribution in [0.25, 0.3) is 10.2 Å². The number of anilines is 1. The van der Waals surface area contributed by atoms with Gasteiger partial charge < -0.3 is 16.0 Å². The number of nitrogens with one attached hydrogen (secondary N) is 1. The fourth-order valence-electron chi connectivity index (χ4n) is 2.87. The van der Waals surface area contributed by atoms with Gasteiger partial charge in [-0.1, -0.05) is 11.8 Å². The van der Waals surface area contributed by atoms with Crippen LogP contribution in [0.2, 0.25) is 0 Å². The van der Waals surface area contributed by atoms with Crippen LogP contribution in [0.15, 0.2) is 16.6 Å². The van der Waals surface area contributed by atoms with Gasteiger partial charge in [-0.3, -0.25) is 9.59 Å². The summed E-state index contributed by atoms with van der Waals surface area (Å²) in [5.41, 5.74) is 5.91. The van der Waals surface area contributed by atoms with Gasteiger partial charge in [-0.25, -0.2) is 18.4 Å². The van der Waals surface area contributed by atoms with Crippen molar-refractivity contribution in [1.29, 1.82) is 0 Å². The number of nitrogen functional groups attached to an aromatic ring is 1. The predicted molar refractivity (Wildman–Crippen MR) is 110 cm³/mol. The van der Waals surface area contributed by atoms with Crippen LogP contribution in [0.5, 0.6) is 0 Å². The Balaban J connectivity index is 1.53. The molecule has 1 atom stereocenters. The van der Waals surface area contributed by atoms with Crippen molar-refractivity contribution >= 4 is 60.8 Å². The highest BCUT2D eigenvalue weighted by Crippen LogP contribution is 2.26. The number of likely N-dealkylation sites (N-methyl/N-ethyl adjacent to an activating group) is 1. The molecule has 2 aromatic rings. The highest BCUT2D eigenvalue weighted by atomic mass is 32.2. The zero-order chi connectivity index (χ0) is 20.3. The standard InChI is InChI=1S/C16H21N5O4S3/c1-2-21(7-12(22)18-10-4-6-28(24,25)9-10)13(23)8-27-16-19-14(17)11-3-5-26-15(11)20-16/h3,5,10H,2,4,6-9H2,1H3,(H,18,22)(H2,17,19,20). The molecule has 1 unspecified atom stereocenters. The summed E-state index contributed by atoms with van der Waals surface area (Å²) in [4.78, 5) is 35.4. The van der Waals surface area contributed by atoms with E-state index >= 15 is 0 Å². The van der Waals surface area contributed by atoms with Gasteiger partial charge in [0.2, 0.25) is 11.8 Å². The van der Waals surface area contributed by atoms with Gasteiger partial charge in [0.05, 0.1) is 29.2 Å². The molecule has 0 aliphatic carbocycles. The number of nitrogens with two attached hydrogens (primary N) is 1. The van der Waals surface area contributed by atoms with E-state index in [9.17, 15) is 18.0 Å². The molecule has 1 saturated heterocycles. The molecule has 3 heterocycles. The first kappa shape index (κ1) is 20.8. The van der Waals surface area contributed by atoms with Gasteiger partial charge in [0.25, 0.3) is 0 Å². The Morgan fingerprint density at radius 3 is 2.89 bits per heavy atom. The smallest absolute Gasteiger partial charge is 0.239 e. The molecule has 152 valence electrons. The number of thiophene rings is 1. The fraction of sp³-hybridized carbons (Fsp3) is 0.500. The number of sulfone groups is 1. The Bertz CT molecular complexity index is 991. The molecule has 0 saturated carbocycles. The van der Waals surface area contributed by atoms with E-state index in [4.69, 9.17) is 5.73 Å². The summed E-state index contributed by atoms with van der Waals surface area (Å²) >= 11 is 2.62. The van der Waals surface area contributed by atoms with Crippen LogP contribution in [0.3, 0.4) is 0 Å². The normalized spacial score (nSPS) is 18.2. The number of hydrogen-bond acceptors (Lipinski definition) is 9. The summed E-state index contributed by atoms with van der Waals surface area (Å²) in [5.74, 6) is -0.0891. The molecule has 0 bridgehead atoms. The highest BCUT2D eigenvalue weighted by Gasteiger charge is 2.29. The average Bonchev–Trinajstić information content (AvgIpc) is 3.23. The Morgan fingerprint density at radius 1 is 1.43 bits per heavy atom. The van der Waals surface area contributed by atoms with E-state index in [0.29, 0.717) is 23.9 Å². The predicted octanol–water partition coefficient (Wildman–Crippen LogP) is 0.517. The molecule has 0 radical (unpaired) electrons. The molecule has 2 aromatic heterocycles. The minimum atomic E-state index is -3.07. The summed E-state index contributed by atoms with van der Waals surface area (Å²) in [7, 11) is -3.07. The van der Waals surface area contributed by atoms with Gasteiger partial charge >= 0.3 is 0 Å². The van der Waals surface area contributed by atoms with Crippen molar-refractivity contribution in [2.24, 2.45) is 0 Å². The maximum absolute atomic E-state index is 12.5. The lowest BCUT2D eigenvalue weighted by Crippen LogP contribution is -2.45. The number of nitrogens with zero attached hydrogens (tertiary/aromatic N) is 3. The second-order valence-corrected chi connectivity index (χ2v) is 10.5. The molecule has 1 aliphatic rings. The number of fused-ring (bicyclic) bond motifs is 1. The lowest BCUT2D eigenvalue weighted by molar-refractivity contribution is -0.134. The van der Waals surface area contributed by atoms with Crippen LogP contribution < -0.4 is 11.1 Å². The number of thioether (sulfide) groups is 1. The molecule has 3 N–H and O–H groups in total. The van der Waals surface area contributed by atoms with Crippen molar-refractivity contribution < 1.29 is 18.0 Å². The Kier molecular flexibility index (Phi) is 6.40. The summed E-state index contributed by atoms with van der Waals surface area (Å²) in [5, 5.41) is 5.78. The number of aromatic nitrogens is 2. The first-order valence-corrected chi connectivity index (χ1v) is 12.4. The average molecular weight is 444 g/mol. The first-order valence-electron chi connectivity index (χ1n) is 8.68. The topological polar surface area (TPSA) is 135 Å². The van der Waals surface area contributed by atoms with Crippen molar-refractivity contribution in [3.05, 3.63) is 11.4 Å². The second-order valence-electron chi connectivity index (χ2n) is 6.39. The maximum atomic E-state index is 12.5. The maximum Gasteiger partial charge on any atom is 0.239 e. The van der Waals surface area contributed by atoms with Crippen LogP contribution >= 0.6 is 23.1 Å². The lowest BCUT2D eigenvalue weighted by Gasteiger charge is -2.21. The molecule has 1 aliphatic heterocycles. The van der Waals surface area contributed by atoms with E-state index < -0.39 is 9.84 Å². The molecular formula is C16H21N5O4S3. The van der Waals surface area contributed by atoms with Crippen molar-refractivity contribution in [2.75, 3.05) is 36.1 Å². The van der Waals surface area contributed by atoms with Gasteiger partial charge in [0.1, 0.15) is 10.6 Å². The lowest BCUT2D eigenvalue weighted by atomic mass is 10.2. The molecule has 9 nitrogen and oxygen atoms in total. The van der Waals surface area contributed by atoms with Gasteiger partial charge in [-0.2, -0.15) is 0 Å². The Labute approximate surface area is 171 Å². The third-order valence-electron chi connectivity index (χ3n) is 4.33. The number of hydrogen-bond donors (Lipinski definition) is 2. The van der Waals surface area contributed by atoms with Crippen molar-refractivity contribution in [1.82, 2.24) is 20.2 Å². The van der Waals surface area contributed by atoms with E-state index in [1.54, 1.807) is 6.92 Å². The molecule has 1 fully saturated rings. The van der Waals surface area contributed by atoms with Gasteiger partial charge in [-0.05, 0) is 24.8 Å². The fourth-order valence-corrected chi connectivity index (χ4v) is 6.13. The zero-order valence-corrected chi connectivity index (χ0v) is 17.7. The van der Waals surface area contributed by atoms with Gasteiger partial charge in [0.15, 0.2) is 15.0 Å². The van der Waals surface area contributed by atoms with E-state index in [2.05, 4.69) is 15.3 Å². The van der Waals surface area contributed by atoms with Gasteiger partial charge in [-0.15, -0.1) is 11.3 Å². The number of carbonyl (C=O) groups is 2. The minimum Gasteiger partial charge on any atom is -0.383 e. The summed E-state index contributed by atoms with van der Waals surface area (Å²) in [6, 6.07) is 1.47. The monoisotopic (exact) mass is 443 g/mol. The van der Waals surface area contributed by atoms with Crippen LogP contribution in [-0.2, 0) is 19.4 Å². The molecule has 12 heteroatoms. The molecule has 2 amide bonds. The number of rotatable bonds is 7. The molecular weight excluding hydrogens is 422 g/mol. The van der Waals surface area contributed by atoms with E-state index in [0.717, 1.165) is 10.2 Å².